The van der Waals surface area contributed by atoms with E-state index in [4.69, 9.17) is 4.89 Å². The molecule has 0 bridgehead atoms. The maximum atomic E-state index is 14.7. The molecule has 0 aliphatic heterocycles. The van der Waals surface area contributed by atoms with Gasteiger partial charge in [-0.2, -0.15) is 110 Å². The zero-order chi connectivity index (χ0) is 38.4. The normalized spacial score (nSPS) is 18.5. The van der Waals surface area contributed by atoms with Gasteiger partial charge in [-0.3, -0.25) is 4.57 Å². The number of hydrogen-bond acceptors (Lipinski definition) is 5. The highest BCUT2D eigenvalue weighted by Gasteiger charge is 2.98. The van der Waals surface area contributed by atoms with Gasteiger partial charge in [0.25, 0.3) is 9.84 Å². The van der Waals surface area contributed by atoms with Gasteiger partial charge in [-0.15, -0.1) is 4.48 Å². The summed E-state index contributed by atoms with van der Waals surface area (Å²) in [5.41, 5.74) is 0. The van der Waals surface area contributed by atoms with E-state index >= 15 is 0 Å². The maximum Gasteiger partial charge on any atom is 0.471 e. The van der Waals surface area contributed by atoms with E-state index in [9.17, 15) is 127 Å². The number of sulfone groups is 1. The Morgan fingerprint density at radius 3 is 1.04 bits per heavy atom. The van der Waals surface area contributed by atoms with Crippen molar-refractivity contribution in [1.82, 2.24) is 5.12 Å². The fourth-order valence-corrected chi connectivity index (χ4v) is 4.24. The van der Waals surface area contributed by atoms with Gasteiger partial charge in [0.05, 0.1) is 0 Å². The average molecular weight is 797 g/mol. The van der Waals surface area contributed by atoms with E-state index in [0.29, 0.717) is 0 Å². The lowest BCUT2D eigenvalue weighted by molar-refractivity contribution is -0.459. The topological polar surface area (TPSA) is 83.9 Å². The Bertz CT molecular complexity index is 1270. The van der Waals surface area contributed by atoms with Crippen molar-refractivity contribution in [1.29, 1.82) is 0 Å². The van der Waals surface area contributed by atoms with Crippen LogP contribution >= 0.6 is 8.25 Å². The average Bonchev–Trinajstić information content (AvgIpc) is 2.79. The third-order valence-electron chi connectivity index (χ3n) is 4.80. The summed E-state index contributed by atoms with van der Waals surface area (Å²) in [5.74, 6) is -57.0. The molecular formula is C12H2F26NO5PS. The minimum atomic E-state index is -10.6. The van der Waals surface area contributed by atoms with Gasteiger partial charge >= 0.3 is 78.7 Å². The van der Waals surface area contributed by atoms with Crippen LogP contribution in [-0.4, -0.2) is 88.9 Å². The zero-order valence-electron chi connectivity index (χ0n) is 19.3. The van der Waals surface area contributed by atoms with E-state index in [1.54, 1.807) is 4.52 Å². The fraction of sp³-hybridized carbons (Fsp3) is 1.00. The van der Waals surface area contributed by atoms with Crippen molar-refractivity contribution in [2.45, 2.75) is 70.4 Å². The van der Waals surface area contributed by atoms with Gasteiger partial charge < -0.3 is 4.89 Å². The molecule has 6 nitrogen and oxygen atoms in total. The minimum Gasteiger partial charge on any atom is -0.326 e. The molecular weight excluding hydrogens is 795 g/mol. The number of hydrogen-bond donors (Lipinski definition) is 1. The third-order valence-corrected chi connectivity index (χ3v) is 7.27. The monoisotopic (exact) mass is 797 g/mol. The summed E-state index contributed by atoms with van der Waals surface area (Å²) in [6.45, 7) is 0. The number of halogens is 26. The van der Waals surface area contributed by atoms with Crippen LogP contribution in [0.15, 0.2) is 0 Å². The van der Waals surface area contributed by atoms with Crippen LogP contribution in [0.5, 0.6) is 0 Å². The number of alkyl halides is 25. The van der Waals surface area contributed by atoms with Gasteiger partial charge in [0.15, 0.2) is 0 Å². The highest BCUT2D eigenvalue weighted by atomic mass is 32.2. The summed E-state index contributed by atoms with van der Waals surface area (Å²) < 4.78 is 380. The van der Waals surface area contributed by atoms with Crippen molar-refractivity contribution >= 4 is 18.1 Å². The molecule has 278 valence electrons. The maximum absolute atomic E-state index is 14.7. The molecule has 46 heavy (non-hydrogen) atoms. The van der Waals surface area contributed by atoms with E-state index in [0.717, 1.165) is 0 Å². The van der Waals surface area contributed by atoms with Crippen LogP contribution in [0.1, 0.15) is 0 Å². The summed E-state index contributed by atoms with van der Waals surface area (Å²) in [6.07, 6.45) is -24.8. The zero-order valence-corrected chi connectivity index (χ0v) is 21.1. The lowest BCUT2D eigenvalue weighted by atomic mass is 9.91. The predicted octanol–water partition coefficient (Wildman–Crippen LogP) is 7.32. The molecule has 0 rings (SSSR count). The van der Waals surface area contributed by atoms with Crippen LogP contribution < -0.4 is 0 Å². The standard InChI is InChI=1S/C12H2F26NO5PS/c13-1(14,3(17,18)5(21,22)7(25,26)27)2(15,16)4(19,20)6(23,24)11(35,36)46(42,43)12(37,10(33,34)44-45(40)41)39(38)9(31,32)8(28,29)30/h45H,(H,40,41). The highest BCUT2D eigenvalue weighted by molar-refractivity contribution is 7.93. The van der Waals surface area contributed by atoms with Gasteiger partial charge in [0.2, 0.25) is 0 Å². The highest BCUT2D eigenvalue weighted by Crippen LogP contribution is 2.66. The van der Waals surface area contributed by atoms with Crippen LogP contribution in [-0.2, 0) is 18.9 Å². The van der Waals surface area contributed by atoms with Crippen molar-refractivity contribution in [2.75, 3.05) is 0 Å². The molecule has 0 aliphatic carbocycles. The summed E-state index contributed by atoms with van der Waals surface area (Å²) in [4.78, 5) is 8.03. The largest absolute Gasteiger partial charge is 0.471 e. The van der Waals surface area contributed by atoms with E-state index in [1.807, 2.05) is 0 Å². The molecule has 0 saturated heterocycles. The number of rotatable bonds is 13. The summed E-state index contributed by atoms with van der Waals surface area (Å²) in [5, 5.41) is -24.0. The number of nitrogens with zero attached hydrogens (tertiary/aromatic N) is 1. The molecule has 1 N–H and O–H groups in total. The Morgan fingerprint density at radius 1 is 0.500 bits per heavy atom. The molecule has 0 fully saturated rings. The van der Waals surface area contributed by atoms with Crippen molar-refractivity contribution < 1.29 is 137 Å². The summed E-state index contributed by atoms with van der Waals surface area (Å²) >= 11 is 0. The Balaban J connectivity index is 7.99. The van der Waals surface area contributed by atoms with Gasteiger partial charge in [-0.25, -0.2) is 12.9 Å². The second-order valence-corrected chi connectivity index (χ2v) is 10.5. The first kappa shape index (κ1) is 44.2. The molecule has 0 aliphatic rings. The van der Waals surface area contributed by atoms with E-state index in [-0.39, 0.29) is 0 Å². The Kier molecular flexibility index (Phi) is 10.7. The Labute approximate surface area is 231 Å². The molecule has 0 aromatic rings. The molecule has 0 saturated carbocycles. The summed E-state index contributed by atoms with van der Waals surface area (Å²) in [6, 6.07) is -8.50. The van der Waals surface area contributed by atoms with Crippen LogP contribution in [0.25, 0.3) is 0 Å². The summed E-state index contributed by atoms with van der Waals surface area (Å²) in [7, 11) is -16.8. The molecule has 0 aromatic heterocycles. The van der Waals surface area contributed by atoms with E-state index in [2.05, 4.69) is 0 Å². The van der Waals surface area contributed by atoms with Crippen molar-refractivity contribution in [3.05, 3.63) is 0 Å². The molecule has 0 aromatic carbocycles. The minimum absolute atomic E-state index is 1.76. The van der Waals surface area contributed by atoms with Crippen molar-refractivity contribution in [3.8, 4) is 0 Å². The van der Waals surface area contributed by atoms with Crippen molar-refractivity contribution in [3.63, 3.8) is 0 Å². The second-order valence-electron chi connectivity index (χ2n) is 7.73. The van der Waals surface area contributed by atoms with Crippen molar-refractivity contribution in [2.24, 2.45) is 0 Å². The lowest BCUT2D eigenvalue weighted by Crippen LogP contribution is -2.77. The molecule has 0 amide bonds. The lowest BCUT2D eigenvalue weighted by Gasteiger charge is -2.44. The van der Waals surface area contributed by atoms with Crippen LogP contribution in [0.2, 0.25) is 0 Å². The van der Waals surface area contributed by atoms with Gasteiger partial charge in [-0.05, 0) is 5.12 Å². The van der Waals surface area contributed by atoms with E-state index < -0.39 is 93.6 Å². The Hall–Kier alpha value is -1.76. The quantitative estimate of drug-likeness (QED) is 0.0911. The van der Waals surface area contributed by atoms with Gasteiger partial charge in [0, 0.05) is 0 Å². The van der Waals surface area contributed by atoms with E-state index in [1.165, 1.54) is 0 Å². The molecule has 2 unspecified atom stereocenters. The third kappa shape index (κ3) is 5.50. The molecule has 0 radical (unpaired) electrons. The van der Waals surface area contributed by atoms with Gasteiger partial charge in [-0.1, -0.05) is 0 Å². The molecule has 0 spiro atoms. The fourth-order valence-electron chi connectivity index (χ4n) is 2.33. The first-order valence-corrected chi connectivity index (χ1v) is 11.9. The molecule has 34 heteroatoms. The first-order valence-electron chi connectivity index (χ1n) is 9.17. The van der Waals surface area contributed by atoms with Gasteiger partial charge in [0.1, 0.15) is 0 Å². The molecule has 2 atom stereocenters. The second kappa shape index (κ2) is 11.1. The first-order chi connectivity index (χ1) is 19.3. The smallest absolute Gasteiger partial charge is 0.326 e. The van der Waals surface area contributed by atoms with Crippen LogP contribution in [0.4, 0.5) is 114 Å². The predicted molar refractivity (Wildman–Crippen MR) is 84.6 cm³/mol. The Morgan fingerprint density at radius 2 is 0.783 bits per heavy atom. The van der Waals surface area contributed by atoms with Crippen LogP contribution in [0, 0.1) is 0 Å². The SMILES string of the molecule is O=[PH](O)OC(F)(F)C(F)(N(F)C(F)(F)C(F)(F)F)S(=O)(=O)C(F)(F)C(F)(F)C(F)(F)C(F)(F)C(F)(F)C(F)(F)C(F)(F)C(F)(F)F. The molecule has 0 heterocycles. The van der Waals surface area contributed by atoms with Crippen LogP contribution in [0.3, 0.4) is 0 Å².